The minimum atomic E-state index is -4.57. The van der Waals surface area contributed by atoms with Crippen molar-refractivity contribution >= 4 is 6.16 Å². The molecule has 0 bridgehead atoms. The van der Waals surface area contributed by atoms with Gasteiger partial charge in [-0.15, -0.1) is 5.10 Å². The van der Waals surface area contributed by atoms with Gasteiger partial charge in [-0.2, -0.15) is 18.2 Å². The average Bonchev–Trinajstić information content (AvgIpc) is 3.54. The second-order valence-corrected chi connectivity index (χ2v) is 7.96. The number of ether oxygens (including phenoxy) is 1. The summed E-state index contributed by atoms with van der Waals surface area (Å²) in [6.07, 6.45) is -4.44. The first-order valence-corrected chi connectivity index (χ1v) is 10.9. The predicted octanol–water partition coefficient (Wildman–Crippen LogP) is 6.39. The second-order valence-electron chi connectivity index (χ2n) is 7.96. The van der Waals surface area contributed by atoms with Crippen LogP contribution in [0.25, 0.3) is 34.0 Å². The molecule has 0 aliphatic rings. The second kappa shape index (κ2) is 9.61. The molecule has 0 unspecified atom stereocenters. The summed E-state index contributed by atoms with van der Waals surface area (Å²) >= 11 is 0. The highest BCUT2D eigenvalue weighted by Gasteiger charge is 2.34. The smallest absolute Gasteiger partial charge is 0.449 e. The Morgan fingerprint density at radius 3 is 2.38 bits per heavy atom. The van der Waals surface area contributed by atoms with E-state index in [2.05, 4.69) is 20.0 Å². The van der Waals surface area contributed by atoms with Crippen LogP contribution in [0, 0.1) is 0 Å². The molecule has 1 N–H and O–H groups in total. The molecule has 0 aliphatic carbocycles. The fourth-order valence-corrected chi connectivity index (χ4v) is 3.76. The molecule has 5 aromatic rings. The SMILES string of the molecule is O=C(O)Oc1ccn(Cc2ccc(-c3noc(-c4ccc(-c5ccccc5)c(C(F)(F)F)c4)n3)cc2)n1. The third-order valence-corrected chi connectivity index (χ3v) is 5.45. The van der Waals surface area contributed by atoms with Crippen LogP contribution in [-0.2, 0) is 12.7 Å². The minimum Gasteiger partial charge on any atom is -0.449 e. The monoisotopic (exact) mass is 506 g/mol. The number of carbonyl (C=O) groups is 1. The number of nitrogens with zero attached hydrogens (tertiary/aromatic N) is 4. The quantitative estimate of drug-likeness (QED) is 0.266. The predicted molar refractivity (Wildman–Crippen MR) is 126 cm³/mol. The molecule has 0 fully saturated rings. The van der Waals surface area contributed by atoms with Gasteiger partial charge < -0.3 is 14.4 Å². The first kappa shape index (κ1) is 23.8. The fourth-order valence-electron chi connectivity index (χ4n) is 3.76. The molecular weight excluding hydrogens is 489 g/mol. The van der Waals surface area contributed by atoms with Crippen molar-refractivity contribution in [1.29, 1.82) is 0 Å². The Kier molecular flexibility index (Phi) is 6.18. The molecule has 0 spiro atoms. The van der Waals surface area contributed by atoms with Crippen LogP contribution in [0.5, 0.6) is 5.88 Å². The van der Waals surface area contributed by atoms with Crippen molar-refractivity contribution in [2.75, 3.05) is 0 Å². The molecule has 5 rings (SSSR count). The Balaban J connectivity index is 1.36. The molecule has 0 aliphatic heterocycles. The Bertz CT molecular complexity index is 1540. The lowest BCUT2D eigenvalue weighted by Gasteiger charge is -2.14. The molecule has 0 saturated carbocycles. The average molecular weight is 506 g/mol. The van der Waals surface area contributed by atoms with Gasteiger partial charge in [-0.25, -0.2) is 4.79 Å². The van der Waals surface area contributed by atoms with Crippen LogP contribution in [0.3, 0.4) is 0 Å². The summed E-state index contributed by atoms with van der Waals surface area (Å²) < 4.78 is 52.8. The Morgan fingerprint density at radius 2 is 1.68 bits per heavy atom. The van der Waals surface area contributed by atoms with Crippen LogP contribution in [-0.4, -0.2) is 31.2 Å². The van der Waals surface area contributed by atoms with Crippen molar-refractivity contribution in [3.8, 4) is 39.8 Å². The lowest BCUT2D eigenvalue weighted by molar-refractivity contribution is -0.137. The zero-order valence-corrected chi connectivity index (χ0v) is 18.9. The van der Waals surface area contributed by atoms with Gasteiger partial charge in [0.2, 0.25) is 11.7 Å². The number of hydrogen-bond acceptors (Lipinski definition) is 6. The lowest BCUT2D eigenvalue weighted by Crippen LogP contribution is -2.07. The maximum absolute atomic E-state index is 13.8. The van der Waals surface area contributed by atoms with Gasteiger partial charge in [0.25, 0.3) is 5.89 Å². The number of rotatable bonds is 6. The van der Waals surface area contributed by atoms with Gasteiger partial charge in [0.1, 0.15) is 0 Å². The number of benzene rings is 3. The summed E-state index contributed by atoms with van der Waals surface area (Å²) in [7, 11) is 0. The van der Waals surface area contributed by atoms with E-state index in [0.29, 0.717) is 17.7 Å². The molecule has 186 valence electrons. The van der Waals surface area contributed by atoms with E-state index in [1.807, 2.05) is 0 Å². The topological polar surface area (TPSA) is 103 Å². The molecule has 0 atom stereocenters. The van der Waals surface area contributed by atoms with E-state index in [0.717, 1.165) is 11.6 Å². The highest BCUT2D eigenvalue weighted by molar-refractivity contribution is 5.72. The maximum atomic E-state index is 13.8. The van der Waals surface area contributed by atoms with Crippen molar-refractivity contribution in [2.45, 2.75) is 12.7 Å². The van der Waals surface area contributed by atoms with Gasteiger partial charge in [0, 0.05) is 23.4 Å². The first-order chi connectivity index (χ1) is 17.8. The number of halogens is 3. The highest BCUT2D eigenvalue weighted by atomic mass is 19.4. The van der Waals surface area contributed by atoms with Crippen LogP contribution in [0.1, 0.15) is 11.1 Å². The van der Waals surface area contributed by atoms with Crippen LogP contribution >= 0.6 is 0 Å². The third-order valence-electron chi connectivity index (χ3n) is 5.45. The number of carboxylic acid groups (broad SMARTS) is 1. The summed E-state index contributed by atoms with van der Waals surface area (Å²) in [5, 5.41) is 16.6. The summed E-state index contributed by atoms with van der Waals surface area (Å²) in [4.78, 5) is 14.9. The van der Waals surface area contributed by atoms with Gasteiger partial charge in [0.05, 0.1) is 12.1 Å². The molecule has 37 heavy (non-hydrogen) atoms. The maximum Gasteiger partial charge on any atom is 0.512 e. The van der Waals surface area contributed by atoms with E-state index in [9.17, 15) is 18.0 Å². The summed E-state index contributed by atoms with van der Waals surface area (Å²) in [6.45, 7) is 0.356. The molecule has 0 saturated heterocycles. The summed E-state index contributed by atoms with van der Waals surface area (Å²) in [5.74, 6) is 0.152. The van der Waals surface area contributed by atoms with Crippen LogP contribution < -0.4 is 4.74 Å². The Hall–Kier alpha value is -4.93. The molecular formula is C26H17F3N4O4. The van der Waals surface area contributed by atoms with E-state index >= 15 is 0 Å². The van der Waals surface area contributed by atoms with Crippen LogP contribution in [0.15, 0.2) is 89.6 Å². The molecule has 2 heterocycles. The van der Waals surface area contributed by atoms with E-state index < -0.39 is 17.9 Å². The van der Waals surface area contributed by atoms with E-state index in [1.165, 1.54) is 22.9 Å². The van der Waals surface area contributed by atoms with Gasteiger partial charge in [0.15, 0.2) is 0 Å². The van der Waals surface area contributed by atoms with Crippen molar-refractivity contribution in [1.82, 2.24) is 19.9 Å². The normalized spacial score (nSPS) is 11.4. The molecule has 11 heteroatoms. The van der Waals surface area contributed by atoms with Crippen molar-refractivity contribution in [3.63, 3.8) is 0 Å². The van der Waals surface area contributed by atoms with Gasteiger partial charge in [-0.1, -0.05) is 65.8 Å². The van der Waals surface area contributed by atoms with E-state index in [4.69, 9.17) is 9.63 Å². The molecule has 0 amide bonds. The summed E-state index contributed by atoms with van der Waals surface area (Å²) in [6, 6.07) is 20.8. The van der Waals surface area contributed by atoms with Gasteiger partial charge in [-0.3, -0.25) is 4.68 Å². The zero-order chi connectivity index (χ0) is 26.0. The van der Waals surface area contributed by atoms with E-state index in [-0.39, 0.29) is 28.7 Å². The van der Waals surface area contributed by atoms with Crippen LogP contribution in [0.2, 0.25) is 0 Å². The van der Waals surface area contributed by atoms with E-state index in [1.54, 1.807) is 60.8 Å². The molecule has 3 aromatic carbocycles. The lowest BCUT2D eigenvalue weighted by atomic mass is 9.97. The van der Waals surface area contributed by atoms with Crippen molar-refractivity contribution in [2.24, 2.45) is 0 Å². The zero-order valence-electron chi connectivity index (χ0n) is 18.9. The minimum absolute atomic E-state index is 0.0334. The van der Waals surface area contributed by atoms with Crippen LogP contribution in [0.4, 0.5) is 18.0 Å². The Labute approximate surface area is 207 Å². The van der Waals surface area contributed by atoms with Crippen molar-refractivity contribution in [3.05, 3.63) is 96.2 Å². The molecule has 2 aromatic heterocycles. The molecule has 8 nitrogen and oxygen atoms in total. The number of alkyl halides is 3. The highest BCUT2D eigenvalue weighted by Crippen LogP contribution is 2.39. The fraction of sp³-hybridized carbons (Fsp3) is 0.0769. The molecule has 0 radical (unpaired) electrons. The third kappa shape index (κ3) is 5.35. The standard InChI is InChI=1S/C26H17F3N4O4/c27-26(28,29)21-14-19(10-11-20(21)17-4-2-1-3-5-17)24-30-23(32-37-24)18-8-6-16(7-9-18)15-33-13-12-22(31-33)36-25(34)35/h1-14H,15H2,(H,34,35). The number of aromatic nitrogens is 4. The van der Waals surface area contributed by atoms with Gasteiger partial charge >= 0.3 is 12.3 Å². The first-order valence-electron chi connectivity index (χ1n) is 10.9. The Morgan fingerprint density at radius 1 is 0.946 bits per heavy atom. The van der Waals surface area contributed by atoms with Gasteiger partial charge in [-0.05, 0) is 28.8 Å². The largest absolute Gasteiger partial charge is 0.512 e. The summed E-state index contributed by atoms with van der Waals surface area (Å²) in [5.41, 5.74) is 1.32. The number of hydrogen-bond donors (Lipinski definition) is 1. The van der Waals surface area contributed by atoms with Crippen molar-refractivity contribution < 1.29 is 32.3 Å².